The Morgan fingerprint density at radius 3 is 2.29 bits per heavy atom. The number of rotatable bonds is 2. The van der Waals surface area contributed by atoms with E-state index in [0.717, 1.165) is 57.8 Å². The Morgan fingerprint density at radius 1 is 0.971 bits per heavy atom. The first kappa shape index (κ1) is 24.5. The van der Waals surface area contributed by atoms with E-state index in [1.165, 1.54) is 5.57 Å². The van der Waals surface area contributed by atoms with Crippen molar-refractivity contribution in [2.45, 2.75) is 106 Å². The number of carbonyl (C=O) groups is 2. The van der Waals surface area contributed by atoms with Gasteiger partial charge in [0, 0.05) is 6.42 Å². The fourth-order valence-corrected chi connectivity index (χ4v) is 10.4. The van der Waals surface area contributed by atoms with Gasteiger partial charge in [0.25, 0.3) is 0 Å². The van der Waals surface area contributed by atoms with Gasteiger partial charge in [-0.2, -0.15) is 0 Å². The zero-order valence-corrected chi connectivity index (χ0v) is 22.3. The fourth-order valence-electron chi connectivity index (χ4n) is 10.4. The summed E-state index contributed by atoms with van der Waals surface area (Å²) in [5.74, 6) is 0.473. The molecule has 5 rings (SSSR count). The van der Waals surface area contributed by atoms with E-state index in [0.29, 0.717) is 12.3 Å². The highest BCUT2D eigenvalue weighted by Crippen LogP contribution is 2.75. The normalized spacial score (nSPS) is 51.9. The molecule has 2 N–H and O–H groups in total. The van der Waals surface area contributed by atoms with Crippen molar-refractivity contribution in [2.24, 2.45) is 50.2 Å². The van der Waals surface area contributed by atoms with Gasteiger partial charge in [0.05, 0.1) is 17.4 Å². The van der Waals surface area contributed by atoms with Gasteiger partial charge >= 0.3 is 5.97 Å². The van der Waals surface area contributed by atoms with E-state index in [1.54, 1.807) is 0 Å². The smallest absolute Gasteiger partial charge is 0.310 e. The molecule has 0 aromatic carbocycles. The summed E-state index contributed by atoms with van der Waals surface area (Å²) in [7, 11) is 0. The van der Waals surface area contributed by atoms with Crippen LogP contribution in [0.15, 0.2) is 11.6 Å². The van der Waals surface area contributed by atoms with Crippen LogP contribution in [0.2, 0.25) is 0 Å². The lowest BCUT2D eigenvalue weighted by Crippen LogP contribution is -2.65. The Morgan fingerprint density at radius 2 is 1.65 bits per heavy atom. The summed E-state index contributed by atoms with van der Waals surface area (Å²) in [6.07, 6.45) is 11.5. The first-order valence-corrected chi connectivity index (χ1v) is 13.8. The second-order valence-corrected chi connectivity index (χ2v) is 14.7. The average Bonchev–Trinajstić information content (AvgIpc) is 2.76. The summed E-state index contributed by atoms with van der Waals surface area (Å²) in [5, 5.41) is 20.8. The number of Topliss-reactive ketones (excluding diaryl/α,β-unsaturated/α-hetero) is 1. The molecular weight excluding hydrogens is 424 g/mol. The summed E-state index contributed by atoms with van der Waals surface area (Å²) < 4.78 is 0. The molecule has 0 spiro atoms. The van der Waals surface area contributed by atoms with Crippen molar-refractivity contribution in [3.05, 3.63) is 11.6 Å². The maximum atomic E-state index is 13.0. The SMILES string of the molecule is CC1(C)CCC2(C(=O)O)CCC3(C)C(=CCC4C5(C)CCC(=O)C(C)(CO)C5CCC43C)C2C1. The van der Waals surface area contributed by atoms with Gasteiger partial charge < -0.3 is 10.2 Å². The summed E-state index contributed by atoms with van der Waals surface area (Å²) in [6, 6.07) is 0. The Balaban J connectivity index is 1.60. The van der Waals surface area contributed by atoms with Crippen molar-refractivity contribution in [3.8, 4) is 0 Å². The van der Waals surface area contributed by atoms with Crippen LogP contribution >= 0.6 is 0 Å². The van der Waals surface area contributed by atoms with Crippen LogP contribution in [-0.4, -0.2) is 28.6 Å². The van der Waals surface area contributed by atoms with Crippen molar-refractivity contribution in [1.29, 1.82) is 0 Å². The number of allylic oxidation sites excluding steroid dienone is 2. The second kappa shape index (κ2) is 7.20. The van der Waals surface area contributed by atoms with Crippen LogP contribution < -0.4 is 0 Å². The molecule has 4 saturated carbocycles. The van der Waals surface area contributed by atoms with E-state index in [-0.39, 0.29) is 45.9 Å². The van der Waals surface area contributed by atoms with Gasteiger partial charge in [-0.05, 0) is 97.2 Å². The highest BCUT2D eigenvalue weighted by atomic mass is 16.4. The third-order valence-electron chi connectivity index (χ3n) is 13.0. The first-order valence-electron chi connectivity index (χ1n) is 13.8. The predicted molar refractivity (Wildman–Crippen MR) is 133 cm³/mol. The Labute approximate surface area is 206 Å². The third-order valence-corrected chi connectivity index (χ3v) is 13.0. The number of aliphatic hydroxyl groups excluding tert-OH is 1. The maximum Gasteiger partial charge on any atom is 0.310 e. The van der Waals surface area contributed by atoms with E-state index < -0.39 is 16.8 Å². The molecule has 8 unspecified atom stereocenters. The van der Waals surface area contributed by atoms with Crippen molar-refractivity contribution < 1.29 is 19.8 Å². The molecule has 4 nitrogen and oxygen atoms in total. The average molecular weight is 471 g/mol. The molecule has 0 bridgehead atoms. The van der Waals surface area contributed by atoms with E-state index in [2.05, 4.69) is 40.7 Å². The van der Waals surface area contributed by atoms with Gasteiger partial charge in [0.2, 0.25) is 0 Å². The van der Waals surface area contributed by atoms with Gasteiger partial charge in [-0.1, -0.05) is 53.2 Å². The quantitative estimate of drug-likeness (QED) is 0.457. The molecular formula is C30H46O4. The lowest BCUT2D eigenvalue weighted by Gasteiger charge is -2.70. The first-order chi connectivity index (χ1) is 15.7. The summed E-state index contributed by atoms with van der Waals surface area (Å²) in [5.41, 5.74) is 0.512. The standard InChI is InChI=1S/C30H46O4/c1-25(2)13-15-30(24(33)34)16-14-28(5)19(20(30)17-25)7-8-22-26(3)11-10-23(32)27(4,18-31)21(26)9-12-29(22,28)6/h7,20-22,31H,8-18H2,1-6H3,(H,33,34). The molecule has 0 amide bonds. The number of aliphatic carboxylic acids is 1. The maximum absolute atomic E-state index is 13.0. The van der Waals surface area contributed by atoms with Crippen molar-refractivity contribution in [2.75, 3.05) is 6.61 Å². The molecule has 0 saturated heterocycles. The Bertz CT molecular complexity index is 949. The van der Waals surface area contributed by atoms with Crippen LogP contribution in [0.5, 0.6) is 0 Å². The largest absolute Gasteiger partial charge is 0.481 e. The minimum Gasteiger partial charge on any atom is -0.481 e. The van der Waals surface area contributed by atoms with Crippen LogP contribution in [-0.2, 0) is 9.59 Å². The van der Waals surface area contributed by atoms with Gasteiger partial charge in [-0.3, -0.25) is 9.59 Å². The zero-order valence-electron chi connectivity index (χ0n) is 22.3. The topological polar surface area (TPSA) is 74.6 Å². The van der Waals surface area contributed by atoms with Gasteiger partial charge in [-0.25, -0.2) is 0 Å². The Kier molecular flexibility index (Phi) is 5.20. The minimum atomic E-state index is -0.627. The van der Waals surface area contributed by atoms with E-state index >= 15 is 0 Å². The molecule has 4 fully saturated rings. The zero-order chi connectivity index (χ0) is 24.9. The number of carbonyl (C=O) groups excluding carboxylic acids is 1. The Hall–Kier alpha value is -1.16. The third kappa shape index (κ3) is 2.81. The lowest BCUT2D eigenvalue weighted by molar-refractivity contribution is -0.194. The summed E-state index contributed by atoms with van der Waals surface area (Å²) >= 11 is 0. The van der Waals surface area contributed by atoms with Gasteiger partial charge in [0.1, 0.15) is 5.78 Å². The molecule has 0 aromatic rings. The summed E-state index contributed by atoms with van der Waals surface area (Å²) in [6.45, 7) is 14.0. The van der Waals surface area contributed by atoms with Crippen LogP contribution in [0.25, 0.3) is 0 Å². The molecule has 4 heteroatoms. The van der Waals surface area contributed by atoms with Crippen molar-refractivity contribution >= 4 is 11.8 Å². The highest BCUT2D eigenvalue weighted by Gasteiger charge is 2.69. The predicted octanol–water partition coefficient (Wildman–Crippen LogP) is 6.41. The molecule has 0 aliphatic heterocycles. The molecule has 0 radical (unpaired) electrons. The fraction of sp³-hybridized carbons (Fsp3) is 0.867. The van der Waals surface area contributed by atoms with Gasteiger partial charge in [0.15, 0.2) is 0 Å². The van der Waals surface area contributed by atoms with Crippen molar-refractivity contribution in [1.82, 2.24) is 0 Å². The molecule has 0 heterocycles. The van der Waals surface area contributed by atoms with E-state index in [9.17, 15) is 19.8 Å². The minimum absolute atomic E-state index is 0.00198. The van der Waals surface area contributed by atoms with Crippen LogP contribution in [0.1, 0.15) is 106 Å². The molecule has 34 heavy (non-hydrogen) atoms. The highest BCUT2D eigenvalue weighted by molar-refractivity contribution is 5.86. The monoisotopic (exact) mass is 470 g/mol. The number of fused-ring (bicyclic) bond motifs is 7. The van der Waals surface area contributed by atoms with Crippen LogP contribution in [0, 0.1) is 50.2 Å². The summed E-state index contributed by atoms with van der Waals surface area (Å²) in [4.78, 5) is 25.7. The number of hydrogen-bond acceptors (Lipinski definition) is 3. The van der Waals surface area contributed by atoms with E-state index in [1.807, 2.05) is 6.92 Å². The molecule has 5 aliphatic carbocycles. The van der Waals surface area contributed by atoms with Gasteiger partial charge in [-0.15, -0.1) is 0 Å². The number of hydrogen-bond donors (Lipinski definition) is 2. The second-order valence-electron chi connectivity index (χ2n) is 14.7. The molecule has 190 valence electrons. The molecule has 5 aliphatic rings. The number of carboxylic acid groups (broad SMARTS) is 1. The molecule has 0 aromatic heterocycles. The molecule has 8 atom stereocenters. The van der Waals surface area contributed by atoms with Crippen molar-refractivity contribution in [3.63, 3.8) is 0 Å². The number of carboxylic acids is 1. The van der Waals surface area contributed by atoms with E-state index in [4.69, 9.17) is 0 Å². The number of ketones is 1. The van der Waals surface area contributed by atoms with Crippen LogP contribution in [0.3, 0.4) is 0 Å². The van der Waals surface area contributed by atoms with Crippen LogP contribution in [0.4, 0.5) is 0 Å². The number of aliphatic hydroxyl groups is 1. The lowest BCUT2D eigenvalue weighted by atomic mass is 9.33.